The Kier molecular flexibility index (Phi) is 8.34. The first-order chi connectivity index (χ1) is 17.9. The van der Waals surface area contributed by atoms with Crippen molar-refractivity contribution in [1.29, 1.82) is 0 Å². The molecule has 192 valence electrons. The van der Waals surface area contributed by atoms with Gasteiger partial charge in [0, 0.05) is 23.5 Å². The van der Waals surface area contributed by atoms with Gasteiger partial charge < -0.3 is 14.8 Å². The first kappa shape index (κ1) is 26.1. The van der Waals surface area contributed by atoms with Gasteiger partial charge in [0.05, 0.1) is 18.1 Å². The lowest BCUT2D eigenvalue weighted by Crippen LogP contribution is -2.44. The number of carbonyl (C=O) groups excluding carboxylic acids is 2. The largest absolute Gasteiger partial charge is 0.493 e. The molecule has 3 aromatic rings. The lowest BCUT2D eigenvalue weighted by Gasteiger charge is -2.34. The number of amides is 2. The molecule has 4 rings (SSSR count). The number of nitrogens with one attached hydrogen (secondary N) is 1. The summed E-state index contributed by atoms with van der Waals surface area (Å²) >= 11 is 1.05. The Morgan fingerprint density at radius 3 is 2.49 bits per heavy atom. The highest BCUT2D eigenvalue weighted by Crippen LogP contribution is 2.36. The van der Waals surface area contributed by atoms with Gasteiger partial charge >= 0.3 is 11.9 Å². The number of aromatic nitrogens is 1. The van der Waals surface area contributed by atoms with Crippen molar-refractivity contribution in [3.05, 3.63) is 89.7 Å². The fourth-order valence-corrected chi connectivity index (χ4v) is 4.75. The topological polar surface area (TPSA) is 93.1 Å². The molecule has 0 fully saturated rings. The summed E-state index contributed by atoms with van der Waals surface area (Å²) in [5.41, 5.74) is 1.97. The molecule has 11 heteroatoms. The maximum atomic E-state index is 13.3. The van der Waals surface area contributed by atoms with Gasteiger partial charge in [-0.1, -0.05) is 49.0 Å². The molecule has 0 aliphatic carbocycles. The molecule has 2 unspecified atom stereocenters. The van der Waals surface area contributed by atoms with E-state index in [4.69, 9.17) is 4.74 Å². The van der Waals surface area contributed by atoms with E-state index in [-0.39, 0.29) is 22.0 Å². The molecule has 2 atom stereocenters. The maximum absolute atomic E-state index is 13.3. The number of methoxy groups -OCH3 is 1. The van der Waals surface area contributed by atoms with E-state index in [0.29, 0.717) is 28.8 Å². The molecule has 37 heavy (non-hydrogen) atoms. The van der Waals surface area contributed by atoms with Gasteiger partial charge in [-0.05, 0) is 42.3 Å². The van der Waals surface area contributed by atoms with Crippen molar-refractivity contribution in [3.8, 4) is 11.5 Å². The summed E-state index contributed by atoms with van der Waals surface area (Å²) < 4.78 is 35.8. The van der Waals surface area contributed by atoms with Crippen LogP contribution in [-0.2, 0) is 0 Å². The zero-order valence-corrected chi connectivity index (χ0v) is 20.8. The molecular weight excluding hydrogens is 502 g/mol. The second-order valence-electron chi connectivity index (χ2n) is 7.88. The van der Waals surface area contributed by atoms with Crippen LogP contribution in [0.3, 0.4) is 0 Å². The number of carbonyl (C=O) groups is 2. The van der Waals surface area contributed by atoms with Crippen LogP contribution in [0.25, 0.3) is 0 Å². The fourth-order valence-electron chi connectivity index (χ4n) is 3.79. The van der Waals surface area contributed by atoms with Gasteiger partial charge in [-0.25, -0.2) is 0 Å². The molecule has 1 aliphatic heterocycles. The van der Waals surface area contributed by atoms with E-state index in [1.54, 1.807) is 42.5 Å². The van der Waals surface area contributed by atoms with Crippen molar-refractivity contribution in [2.75, 3.05) is 7.11 Å². The molecule has 2 amide bonds. The van der Waals surface area contributed by atoms with Crippen LogP contribution in [0.1, 0.15) is 41.0 Å². The van der Waals surface area contributed by atoms with Crippen LogP contribution in [0, 0.1) is 0 Å². The molecular formula is C26H24F2N4O4S. The van der Waals surface area contributed by atoms with Crippen molar-refractivity contribution in [3.63, 3.8) is 0 Å². The third-order valence-electron chi connectivity index (χ3n) is 5.57. The summed E-state index contributed by atoms with van der Waals surface area (Å²) in [5, 5.41) is 8.04. The van der Waals surface area contributed by atoms with E-state index in [0.717, 1.165) is 11.8 Å². The molecule has 0 saturated heterocycles. The van der Waals surface area contributed by atoms with Crippen molar-refractivity contribution in [2.45, 2.75) is 31.4 Å². The zero-order chi connectivity index (χ0) is 26.4. The van der Waals surface area contributed by atoms with E-state index in [2.05, 4.69) is 20.1 Å². The number of hydrogen-bond acceptors (Lipinski definition) is 7. The number of nitrogens with zero attached hydrogens (tertiary/aromatic N) is 3. The van der Waals surface area contributed by atoms with Gasteiger partial charge in [-0.3, -0.25) is 14.6 Å². The van der Waals surface area contributed by atoms with E-state index < -0.39 is 18.7 Å². The van der Waals surface area contributed by atoms with Gasteiger partial charge in [0.15, 0.2) is 17.7 Å². The molecule has 0 radical (unpaired) electrons. The molecule has 1 aromatic heterocycles. The van der Waals surface area contributed by atoms with Gasteiger partial charge in [-0.15, -0.1) is 0 Å². The average molecular weight is 527 g/mol. The Hall–Kier alpha value is -3.99. The number of hydrazone groups is 1. The van der Waals surface area contributed by atoms with E-state index in [1.165, 1.54) is 36.6 Å². The Balaban J connectivity index is 1.77. The van der Waals surface area contributed by atoms with E-state index >= 15 is 0 Å². The summed E-state index contributed by atoms with van der Waals surface area (Å²) in [6, 6.07) is 16.7. The Morgan fingerprint density at radius 1 is 1.11 bits per heavy atom. The van der Waals surface area contributed by atoms with Crippen LogP contribution in [0.2, 0.25) is 0 Å². The summed E-state index contributed by atoms with van der Waals surface area (Å²) in [4.78, 5) is 30.2. The fraction of sp³-hybridized carbons (Fsp3) is 0.231. The number of alkyl halides is 2. The Bertz CT molecular complexity index is 1280. The minimum atomic E-state index is -3.04. The minimum Gasteiger partial charge on any atom is -0.493 e. The molecule has 2 heterocycles. The standard InChI is InChI=1S/C26H24F2N4O4S/c1-3-21-22(18-9-10-19(35-2)20(15-18)36-25(27)28)31-32(26(34)37-21)23(16-7-5-4-6-8-16)30-24(33)17-11-13-29-14-12-17/h4-15,21,23,25H,3H2,1-2H3,(H,30,33). The van der Waals surface area contributed by atoms with Crippen LogP contribution in [0.15, 0.2) is 78.2 Å². The molecule has 1 aliphatic rings. The van der Waals surface area contributed by atoms with Gasteiger partial charge in [0.1, 0.15) is 0 Å². The van der Waals surface area contributed by atoms with Crippen LogP contribution in [-0.4, -0.2) is 45.8 Å². The van der Waals surface area contributed by atoms with Crippen LogP contribution in [0.4, 0.5) is 13.6 Å². The smallest absolute Gasteiger partial charge is 0.387 e. The molecule has 0 bridgehead atoms. The second kappa shape index (κ2) is 11.8. The molecule has 0 saturated carbocycles. The zero-order valence-electron chi connectivity index (χ0n) is 20.0. The minimum absolute atomic E-state index is 0.140. The number of rotatable bonds is 9. The SMILES string of the molecule is CCC1SC(=O)N(C(NC(=O)c2ccncc2)c2ccccc2)N=C1c1ccc(OC)c(OC(F)F)c1. The highest BCUT2D eigenvalue weighted by molar-refractivity contribution is 8.14. The van der Waals surface area contributed by atoms with Gasteiger partial charge in [-0.2, -0.15) is 18.9 Å². The lowest BCUT2D eigenvalue weighted by atomic mass is 10.0. The molecule has 8 nitrogen and oxygen atoms in total. The number of thioether (sulfide) groups is 1. The van der Waals surface area contributed by atoms with Crippen LogP contribution >= 0.6 is 11.8 Å². The first-order valence-corrected chi connectivity index (χ1v) is 12.3. The summed E-state index contributed by atoms with van der Waals surface area (Å²) in [7, 11) is 1.35. The third kappa shape index (κ3) is 6.05. The maximum Gasteiger partial charge on any atom is 0.387 e. The third-order valence-corrected chi connectivity index (χ3v) is 6.80. The lowest BCUT2D eigenvalue weighted by molar-refractivity contribution is -0.0512. The number of pyridine rings is 1. The predicted molar refractivity (Wildman–Crippen MR) is 136 cm³/mol. The number of ether oxygens (including phenoxy) is 2. The first-order valence-electron chi connectivity index (χ1n) is 11.4. The quantitative estimate of drug-likeness (QED) is 0.397. The van der Waals surface area contributed by atoms with Crippen molar-refractivity contribution >= 4 is 28.6 Å². The number of benzene rings is 2. The molecule has 2 aromatic carbocycles. The predicted octanol–water partition coefficient (Wildman–Crippen LogP) is 5.47. The highest BCUT2D eigenvalue weighted by atomic mass is 32.2. The number of hydrogen-bond donors (Lipinski definition) is 1. The average Bonchev–Trinajstić information content (AvgIpc) is 2.92. The second-order valence-corrected chi connectivity index (χ2v) is 9.03. The Morgan fingerprint density at radius 2 is 1.84 bits per heavy atom. The van der Waals surface area contributed by atoms with Crippen molar-refractivity contribution < 1.29 is 27.8 Å². The van der Waals surface area contributed by atoms with Crippen LogP contribution in [0.5, 0.6) is 11.5 Å². The van der Waals surface area contributed by atoms with Crippen molar-refractivity contribution in [2.24, 2.45) is 5.10 Å². The monoisotopic (exact) mass is 526 g/mol. The van der Waals surface area contributed by atoms with Crippen LogP contribution < -0.4 is 14.8 Å². The molecule has 0 spiro atoms. The van der Waals surface area contributed by atoms with Crippen molar-refractivity contribution in [1.82, 2.24) is 15.3 Å². The summed E-state index contributed by atoms with van der Waals surface area (Å²) in [6.45, 7) is -1.14. The van der Waals surface area contributed by atoms with E-state index in [1.807, 2.05) is 13.0 Å². The van der Waals surface area contributed by atoms with E-state index in [9.17, 15) is 18.4 Å². The highest BCUT2D eigenvalue weighted by Gasteiger charge is 2.36. The van der Waals surface area contributed by atoms with Gasteiger partial charge in [0.25, 0.3) is 5.91 Å². The molecule has 1 N–H and O–H groups in total. The van der Waals surface area contributed by atoms with Gasteiger partial charge in [0.2, 0.25) is 0 Å². The summed E-state index contributed by atoms with van der Waals surface area (Å²) in [5.74, 6) is -0.423. The number of halogens is 2. The summed E-state index contributed by atoms with van der Waals surface area (Å²) in [6.07, 6.45) is 2.63. The Labute approximate surface area is 216 Å². The normalized spacial score (nSPS) is 16.2.